The Labute approximate surface area is 52.5 Å². The summed E-state index contributed by atoms with van der Waals surface area (Å²) in [6, 6.07) is 0. The Morgan fingerprint density at radius 2 is 1.00 bits per heavy atom. The van der Waals surface area contributed by atoms with Crippen molar-refractivity contribution in [1.82, 2.24) is 0 Å². The van der Waals surface area contributed by atoms with Crippen molar-refractivity contribution in [1.29, 1.82) is 0 Å². The van der Waals surface area contributed by atoms with Crippen molar-refractivity contribution >= 4 is 17.8 Å². The average Bonchev–Trinajstić information content (AvgIpc) is 1.78. The molecular weight excluding hydrogens is 122 g/mol. The molecule has 0 amide bonds. The molecular formula is C5H18P2. The van der Waals surface area contributed by atoms with Gasteiger partial charge < -0.3 is 0 Å². The summed E-state index contributed by atoms with van der Waals surface area (Å²) in [5, 5.41) is 0. The third-order valence-electron chi connectivity index (χ3n) is 0. The van der Waals surface area contributed by atoms with Crippen LogP contribution in [0, 0.1) is 0 Å². The van der Waals surface area contributed by atoms with Gasteiger partial charge in [-0.25, -0.2) is 0 Å². The van der Waals surface area contributed by atoms with Gasteiger partial charge in [-0.2, -0.15) is 0 Å². The van der Waals surface area contributed by atoms with E-state index < -0.39 is 0 Å². The van der Waals surface area contributed by atoms with Gasteiger partial charge in [0.15, 0.2) is 0 Å². The second kappa shape index (κ2) is 68.1. The molecule has 0 saturated heterocycles. The first kappa shape index (κ1) is 15.7. The average molecular weight is 140 g/mol. The van der Waals surface area contributed by atoms with Crippen LogP contribution in [0.15, 0.2) is 0 Å². The summed E-state index contributed by atoms with van der Waals surface area (Å²) >= 11 is 0. The molecule has 0 N–H and O–H groups in total. The van der Waals surface area contributed by atoms with Crippen LogP contribution in [0.4, 0.5) is 0 Å². The van der Waals surface area contributed by atoms with Crippen LogP contribution in [-0.4, -0.2) is 20.0 Å². The number of rotatable bonds is 0. The van der Waals surface area contributed by atoms with Gasteiger partial charge in [0.25, 0.3) is 0 Å². The van der Waals surface area contributed by atoms with E-state index in [1.807, 2.05) is 20.5 Å². The molecule has 0 bridgehead atoms. The van der Waals surface area contributed by atoms with Gasteiger partial charge in [-0.15, -0.1) is 17.8 Å². The fourth-order valence-corrected chi connectivity index (χ4v) is 0. The van der Waals surface area contributed by atoms with E-state index in [2.05, 4.69) is 22.6 Å². The molecule has 0 aliphatic carbocycles. The van der Waals surface area contributed by atoms with E-state index in [4.69, 9.17) is 0 Å². The van der Waals surface area contributed by atoms with E-state index >= 15 is 0 Å². The maximum atomic E-state index is 2.42. The Morgan fingerprint density at radius 3 is 1.00 bits per heavy atom. The summed E-state index contributed by atoms with van der Waals surface area (Å²) < 4.78 is 0. The highest BCUT2D eigenvalue weighted by atomic mass is 31.1. The lowest BCUT2D eigenvalue weighted by Gasteiger charge is -1.50. The van der Waals surface area contributed by atoms with Crippen LogP contribution in [0.5, 0.6) is 0 Å². The molecule has 0 aromatic carbocycles. The van der Waals surface area contributed by atoms with Crippen LogP contribution < -0.4 is 0 Å². The van der Waals surface area contributed by atoms with E-state index in [-0.39, 0.29) is 0 Å². The third kappa shape index (κ3) is 219. The highest BCUT2D eigenvalue weighted by Crippen LogP contribution is 1.84. The van der Waals surface area contributed by atoms with Gasteiger partial charge in [0.2, 0.25) is 0 Å². The fourth-order valence-electron chi connectivity index (χ4n) is 0. The Balaban J connectivity index is -0.0000000360. The number of hydrogen-bond acceptors (Lipinski definition) is 0. The quantitative estimate of drug-likeness (QED) is 0.453. The van der Waals surface area contributed by atoms with Gasteiger partial charge in [0, 0.05) is 0 Å². The second-order valence-corrected chi connectivity index (χ2v) is 1.50. The van der Waals surface area contributed by atoms with E-state index in [9.17, 15) is 0 Å². The molecule has 0 radical (unpaired) electrons. The second-order valence-electron chi connectivity index (χ2n) is 0.500. The minimum absolute atomic E-state index is 1.08. The maximum absolute atomic E-state index is 2.42. The first-order chi connectivity index (χ1) is 3.41. The monoisotopic (exact) mass is 140 g/mol. The summed E-state index contributed by atoms with van der Waals surface area (Å²) in [7, 11) is 3.50. The van der Waals surface area contributed by atoms with Gasteiger partial charge in [0.05, 0.1) is 0 Å². The van der Waals surface area contributed by atoms with Gasteiger partial charge in [-0.1, -0.05) is 20.5 Å². The van der Waals surface area contributed by atoms with Crippen LogP contribution in [0.2, 0.25) is 0 Å². The van der Waals surface area contributed by atoms with Gasteiger partial charge >= 0.3 is 0 Å². The van der Waals surface area contributed by atoms with E-state index in [0.717, 1.165) is 8.58 Å². The van der Waals surface area contributed by atoms with Gasteiger partial charge in [-0.05, 0) is 13.3 Å². The molecule has 0 rings (SSSR count). The van der Waals surface area contributed by atoms with Crippen molar-refractivity contribution in [2.24, 2.45) is 0 Å². The Bertz CT molecular complexity index is 6.04. The van der Waals surface area contributed by atoms with Crippen LogP contribution >= 0.6 is 17.8 Å². The lowest BCUT2D eigenvalue weighted by Crippen LogP contribution is -1.18. The molecule has 48 valence electrons. The largest absolute Gasteiger partial charge is 0.141 e. The highest BCUT2D eigenvalue weighted by molar-refractivity contribution is 7.35. The minimum Gasteiger partial charge on any atom is -0.141 e. The van der Waals surface area contributed by atoms with Crippen molar-refractivity contribution < 1.29 is 0 Å². The first-order valence-corrected chi connectivity index (χ1v) is 5.73. The summed E-state index contributed by atoms with van der Waals surface area (Å²) in [6.45, 7) is 10.2. The molecule has 0 aromatic rings. The third-order valence-corrected chi connectivity index (χ3v) is 0. The Morgan fingerprint density at radius 1 is 1.00 bits per heavy atom. The minimum atomic E-state index is 1.08. The predicted molar refractivity (Wildman–Crippen MR) is 47.1 cm³/mol. The van der Waals surface area contributed by atoms with Crippen LogP contribution in [0.3, 0.4) is 0 Å². The standard InChI is InChI=1S/C2H7P.C2H6.CH5P/c1-3-2;2*1-2/h3H,1-2H3;1-2H3;2H2,1H3. The molecule has 0 aliphatic heterocycles. The van der Waals surface area contributed by atoms with Crippen LogP contribution in [0.1, 0.15) is 13.8 Å². The zero-order valence-electron chi connectivity index (χ0n) is 6.08. The lowest BCUT2D eigenvalue weighted by atomic mass is 11.0. The molecule has 0 spiro atoms. The molecule has 0 nitrogen and oxygen atoms in total. The molecule has 0 heterocycles. The normalized spacial score (nSPS) is 4.29. The lowest BCUT2D eigenvalue weighted by molar-refractivity contribution is 1.50. The van der Waals surface area contributed by atoms with Crippen LogP contribution in [0.25, 0.3) is 0 Å². The zero-order valence-corrected chi connectivity index (χ0v) is 8.23. The van der Waals surface area contributed by atoms with Gasteiger partial charge in [0.1, 0.15) is 0 Å². The van der Waals surface area contributed by atoms with E-state index in [0.29, 0.717) is 0 Å². The molecule has 0 saturated carbocycles. The summed E-state index contributed by atoms with van der Waals surface area (Å²) in [5.41, 5.74) is 0. The molecule has 7 heavy (non-hydrogen) atoms. The summed E-state index contributed by atoms with van der Waals surface area (Å²) in [4.78, 5) is 0. The fraction of sp³-hybridized carbons (Fsp3) is 1.00. The SMILES string of the molecule is CC.CP.CPC. The van der Waals surface area contributed by atoms with Crippen molar-refractivity contribution in [3.8, 4) is 0 Å². The predicted octanol–water partition coefficient (Wildman–Crippen LogP) is 2.44. The molecule has 2 heteroatoms. The highest BCUT2D eigenvalue weighted by Gasteiger charge is 1.33. The molecule has 0 aliphatic rings. The summed E-state index contributed by atoms with van der Waals surface area (Å²) in [5.74, 6) is 0. The molecule has 0 fully saturated rings. The molecule has 0 aromatic heterocycles. The molecule has 1 atom stereocenters. The zero-order chi connectivity index (χ0) is 6.71. The van der Waals surface area contributed by atoms with E-state index in [1.165, 1.54) is 0 Å². The van der Waals surface area contributed by atoms with Gasteiger partial charge in [-0.3, -0.25) is 0 Å². The Kier molecular flexibility index (Phi) is 152. The smallest absolute Gasteiger partial charge is 0.0475 e. The summed E-state index contributed by atoms with van der Waals surface area (Å²) in [6.07, 6.45) is 0. The van der Waals surface area contributed by atoms with Crippen LogP contribution in [-0.2, 0) is 0 Å². The topological polar surface area (TPSA) is 0 Å². The first-order valence-electron chi connectivity index (χ1n) is 2.58. The van der Waals surface area contributed by atoms with Crippen molar-refractivity contribution in [2.75, 3.05) is 20.0 Å². The van der Waals surface area contributed by atoms with E-state index in [1.54, 1.807) is 0 Å². The molecule has 1 unspecified atom stereocenters. The van der Waals surface area contributed by atoms with Crippen molar-refractivity contribution in [2.45, 2.75) is 13.8 Å². The maximum Gasteiger partial charge on any atom is -0.0475 e. The van der Waals surface area contributed by atoms with Crippen molar-refractivity contribution in [3.05, 3.63) is 0 Å². The van der Waals surface area contributed by atoms with Crippen molar-refractivity contribution in [3.63, 3.8) is 0 Å². The Hall–Kier alpha value is 0.860. The number of hydrogen-bond donors (Lipinski definition) is 0.